The van der Waals surface area contributed by atoms with Crippen molar-refractivity contribution in [2.75, 3.05) is 18.6 Å². The number of carbonyl (C=O) groups excluding carboxylic acids is 1. The van der Waals surface area contributed by atoms with Crippen LogP contribution in [0.15, 0.2) is 41.5 Å². The molecule has 1 N–H and O–H groups in total. The van der Waals surface area contributed by atoms with Crippen LogP contribution < -0.4 is 15.1 Å². The standard InChI is InChI=1S/C24H31N3O2/c1-7-27-21-11-9-18(13-20(21)17(3)14-24(27,4)5)15-25-26-23(28)19-10-8-16(2)12-22(19)29-6/h8-13,15,17H,7,14H2,1-6H3,(H,26,28)/b25-15+. The van der Waals surface area contributed by atoms with Crippen LogP contribution in [0.25, 0.3) is 0 Å². The van der Waals surface area contributed by atoms with Crippen LogP contribution in [0.4, 0.5) is 5.69 Å². The summed E-state index contributed by atoms with van der Waals surface area (Å²) in [6.45, 7) is 12.0. The number of hydrazone groups is 1. The van der Waals surface area contributed by atoms with E-state index in [9.17, 15) is 4.79 Å². The molecule has 0 aliphatic carbocycles. The summed E-state index contributed by atoms with van der Waals surface area (Å²) in [7, 11) is 1.56. The van der Waals surface area contributed by atoms with E-state index in [4.69, 9.17) is 4.74 Å². The summed E-state index contributed by atoms with van der Waals surface area (Å²) >= 11 is 0. The zero-order chi connectivity index (χ0) is 21.2. The number of methoxy groups -OCH3 is 1. The van der Waals surface area contributed by atoms with Gasteiger partial charge >= 0.3 is 0 Å². The second-order valence-electron chi connectivity index (χ2n) is 8.38. The fraction of sp³-hybridized carbons (Fsp3) is 0.417. The molecule has 0 spiro atoms. The molecule has 1 atom stereocenters. The number of ether oxygens (including phenoxy) is 1. The zero-order valence-electron chi connectivity index (χ0n) is 18.2. The summed E-state index contributed by atoms with van der Waals surface area (Å²) in [5.41, 5.74) is 7.86. The van der Waals surface area contributed by atoms with Gasteiger partial charge in [-0.05, 0) is 81.0 Å². The summed E-state index contributed by atoms with van der Waals surface area (Å²) in [6, 6.07) is 11.9. The minimum absolute atomic E-state index is 0.151. The Kier molecular flexibility index (Phi) is 5.96. The minimum Gasteiger partial charge on any atom is -0.496 e. The van der Waals surface area contributed by atoms with Crippen molar-refractivity contribution in [1.82, 2.24) is 5.43 Å². The summed E-state index contributed by atoms with van der Waals surface area (Å²) < 4.78 is 5.31. The lowest BCUT2D eigenvalue weighted by molar-refractivity contribution is 0.0952. The topological polar surface area (TPSA) is 53.9 Å². The van der Waals surface area contributed by atoms with Gasteiger partial charge in [0.1, 0.15) is 5.75 Å². The van der Waals surface area contributed by atoms with E-state index in [0.29, 0.717) is 17.2 Å². The molecule has 0 saturated heterocycles. The van der Waals surface area contributed by atoms with E-state index >= 15 is 0 Å². The lowest BCUT2D eigenvalue weighted by Gasteiger charge is -2.47. The quantitative estimate of drug-likeness (QED) is 0.582. The van der Waals surface area contributed by atoms with Crippen LogP contribution in [0.3, 0.4) is 0 Å². The predicted octanol–water partition coefficient (Wildman–Crippen LogP) is 4.88. The Morgan fingerprint density at radius 1 is 1.31 bits per heavy atom. The number of nitrogens with zero attached hydrogens (tertiary/aromatic N) is 2. The van der Waals surface area contributed by atoms with Gasteiger partial charge in [0.15, 0.2) is 0 Å². The smallest absolute Gasteiger partial charge is 0.275 e. The number of hydrogen-bond acceptors (Lipinski definition) is 4. The van der Waals surface area contributed by atoms with Gasteiger partial charge in [0, 0.05) is 17.8 Å². The number of benzene rings is 2. The molecular formula is C24H31N3O2. The highest BCUT2D eigenvalue weighted by Crippen LogP contribution is 2.43. The fourth-order valence-corrected chi connectivity index (χ4v) is 4.40. The minimum atomic E-state index is -0.289. The molecular weight excluding hydrogens is 362 g/mol. The molecule has 3 rings (SSSR count). The van der Waals surface area contributed by atoms with Gasteiger partial charge in [-0.2, -0.15) is 5.10 Å². The Bertz CT molecular complexity index is 934. The molecule has 29 heavy (non-hydrogen) atoms. The molecule has 2 aromatic rings. The van der Waals surface area contributed by atoms with Gasteiger partial charge in [-0.3, -0.25) is 4.79 Å². The third-order valence-electron chi connectivity index (χ3n) is 5.71. The van der Waals surface area contributed by atoms with E-state index in [1.807, 2.05) is 19.1 Å². The molecule has 1 aliphatic rings. The van der Waals surface area contributed by atoms with Crippen LogP contribution in [-0.4, -0.2) is 31.3 Å². The van der Waals surface area contributed by atoms with Crippen molar-refractivity contribution in [3.05, 3.63) is 58.7 Å². The molecule has 1 amide bonds. The first-order valence-corrected chi connectivity index (χ1v) is 10.2. The number of nitrogens with one attached hydrogen (secondary N) is 1. The average Bonchev–Trinajstić information content (AvgIpc) is 2.67. The van der Waals surface area contributed by atoms with Crippen molar-refractivity contribution in [3.63, 3.8) is 0 Å². The van der Waals surface area contributed by atoms with Crippen LogP contribution >= 0.6 is 0 Å². The molecule has 1 heterocycles. The van der Waals surface area contributed by atoms with Gasteiger partial charge in [0.2, 0.25) is 0 Å². The number of hydrogen-bond donors (Lipinski definition) is 1. The van der Waals surface area contributed by atoms with E-state index < -0.39 is 0 Å². The molecule has 0 radical (unpaired) electrons. The second-order valence-corrected chi connectivity index (χ2v) is 8.38. The Labute approximate surface area is 173 Å². The third-order valence-corrected chi connectivity index (χ3v) is 5.71. The number of rotatable bonds is 5. The SMILES string of the molecule is CCN1c2ccc(/C=N/NC(=O)c3ccc(C)cc3OC)cc2C(C)CC1(C)C. The van der Waals surface area contributed by atoms with Crippen LogP contribution in [0.1, 0.15) is 67.1 Å². The number of aryl methyl sites for hydroxylation is 1. The van der Waals surface area contributed by atoms with Crippen molar-refractivity contribution < 1.29 is 9.53 Å². The second kappa shape index (κ2) is 8.27. The van der Waals surface area contributed by atoms with Crippen LogP contribution in [0, 0.1) is 6.92 Å². The Hall–Kier alpha value is -2.82. The van der Waals surface area contributed by atoms with E-state index in [1.54, 1.807) is 19.4 Å². The van der Waals surface area contributed by atoms with Crippen LogP contribution in [0.5, 0.6) is 5.75 Å². The molecule has 0 aromatic heterocycles. The average molecular weight is 394 g/mol. The van der Waals surface area contributed by atoms with Crippen LogP contribution in [-0.2, 0) is 0 Å². The van der Waals surface area contributed by atoms with Crippen molar-refractivity contribution in [3.8, 4) is 5.75 Å². The number of fused-ring (bicyclic) bond motifs is 1. The molecule has 1 aliphatic heterocycles. The highest BCUT2D eigenvalue weighted by atomic mass is 16.5. The lowest BCUT2D eigenvalue weighted by Crippen LogP contribution is -2.48. The van der Waals surface area contributed by atoms with Crippen LogP contribution in [0.2, 0.25) is 0 Å². The van der Waals surface area contributed by atoms with E-state index in [1.165, 1.54) is 11.3 Å². The maximum absolute atomic E-state index is 12.5. The summed E-state index contributed by atoms with van der Waals surface area (Å²) in [5.74, 6) is 0.730. The van der Waals surface area contributed by atoms with E-state index in [0.717, 1.165) is 24.1 Å². The highest BCUT2D eigenvalue weighted by Gasteiger charge is 2.35. The van der Waals surface area contributed by atoms with Gasteiger partial charge < -0.3 is 9.64 Å². The normalized spacial score (nSPS) is 17.9. The lowest BCUT2D eigenvalue weighted by atomic mass is 9.79. The van der Waals surface area contributed by atoms with E-state index in [2.05, 4.69) is 61.3 Å². The van der Waals surface area contributed by atoms with Gasteiger partial charge in [-0.1, -0.05) is 19.1 Å². The molecule has 0 fully saturated rings. The van der Waals surface area contributed by atoms with Gasteiger partial charge in [-0.25, -0.2) is 5.43 Å². The molecule has 1 unspecified atom stereocenters. The number of amides is 1. The summed E-state index contributed by atoms with van der Waals surface area (Å²) in [5, 5.41) is 4.16. The van der Waals surface area contributed by atoms with Gasteiger partial charge in [-0.15, -0.1) is 0 Å². The molecule has 0 saturated carbocycles. The van der Waals surface area contributed by atoms with E-state index in [-0.39, 0.29) is 11.4 Å². The fourth-order valence-electron chi connectivity index (χ4n) is 4.40. The summed E-state index contributed by atoms with van der Waals surface area (Å²) in [6.07, 6.45) is 2.81. The summed E-state index contributed by atoms with van der Waals surface area (Å²) in [4.78, 5) is 14.9. The number of anilines is 1. The maximum atomic E-state index is 12.5. The Morgan fingerprint density at radius 2 is 2.07 bits per heavy atom. The van der Waals surface area contributed by atoms with Gasteiger partial charge in [0.05, 0.1) is 18.9 Å². The molecule has 5 heteroatoms. The van der Waals surface area contributed by atoms with Gasteiger partial charge in [0.25, 0.3) is 5.91 Å². The Balaban J connectivity index is 1.77. The predicted molar refractivity (Wildman–Crippen MR) is 119 cm³/mol. The maximum Gasteiger partial charge on any atom is 0.275 e. The monoisotopic (exact) mass is 393 g/mol. The molecule has 0 bridgehead atoms. The Morgan fingerprint density at radius 3 is 2.76 bits per heavy atom. The zero-order valence-corrected chi connectivity index (χ0v) is 18.2. The molecule has 2 aromatic carbocycles. The van der Waals surface area contributed by atoms with Crippen molar-refractivity contribution >= 4 is 17.8 Å². The van der Waals surface area contributed by atoms with Crippen molar-refractivity contribution in [2.24, 2.45) is 5.10 Å². The molecule has 154 valence electrons. The first-order valence-electron chi connectivity index (χ1n) is 10.2. The third kappa shape index (κ3) is 4.29. The molecule has 5 nitrogen and oxygen atoms in total. The first kappa shape index (κ1) is 20.9. The largest absolute Gasteiger partial charge is 0.496 e. The van der Waals surface area contributed by atoms with Crippen molar-refractivity contribution in [1.29, 1.82) is 0 Å². The number of carbonyl (C=O) groups is 1. The van der Waals surface area contributed by atoms with Crippen molar-refractivity contribution in [2.45, 2.75) is 52.5 Å². The highest BCUT2D eigenvalue weighted by molar-refractivity contribution is 5.97. The first-order chi connectivity index (χ1) is 13.8.